The van der Waals surface area contributed by atoms with Gasteiger partial charge in [-0.05, 0) is 49.6 Å². The highest BCUT2D eigenvalue weighted by Gasteiger charge is 2.13. The van der Waals surface area contributed by atoms with E-state index in [-0.39, 0.29) is 11.9 Å². The van der Waals surface area contributed by atoms with Gasteiger partial charge in [-0.1, -0.05) is 12.2 Å². The molecule has 0 saturated carbocycles. The lowest BCUT2D eigenvalue weighted by molar-refractivity contribution is 0.0942. The van der Waals surface area contributed by atoms with Crippen molar-refractivity contribution in [3.8, 4) is 5.69 Å². The molecule has 102 valence electrons. The second kappa shape index (κ2) is 5.74. The lowest BCUT2D eigenvalue weighted by Crippen LogP contribution is -2.34. The third kappa shape index (κ3) is 2.79. The number of carbonyl (C=O) groups is 1. The number of benzene rings is 1. The minimum absolute atomic E-state index is 0.0198. The Bertz CT molecular complexity index is 599. The van der Waals surface area contributed by atoms with Gasteiger partial charge in [0.15, 0.2) is 0 Å². The van der Waals surface area contributed by atoms with Gasteiger partial charge in [0.25, 0.3) is 5.91 Å². The van der Waals surface area contributed by atoms with Crippen molar-refractivity contribution < 1.29 is 4.79 Å². The van der Waals surface area contributed by atoms with Gasteiger partial charge in [-0.15, -0.1) is 0 Å². The van der Waals surface area contributed by atoms with Crippen molar-refractivity contribution in [2.75, 3.05) is 0 Å². The standard InChI is InChI=1S/C16H17N3O/c20-16(18-14-5-2-1-3-6-14)13-7-9-15(10-8-13)19-12-4-11-17-19/h2,4-5,7-12,14H,1,3,6H2,(H,18,20). The zero-order valence-corrected chi connectivity index (χ0v) is 11.2. The van der Waals surface area contributed by atoms with Crippen LogP contribution in [-0.4, -0.2) is 21.7 Å². The minimum atomic E-state index is -0.0198. The van der Waals surface area contributed by atoms with Crippen LogP contribution in [0.25, 0.3) is 5.69 Å². The Hall–Kier alpha value is -2.36. The molecule has 1 aliphatic carbocycles. The van der Waals surface area contributed by atoms with E-state index in [1.807, 2.05) is 36.5 Å². The van der Waals surface area contributed by atoms with Crippen molar-refractivity contribution in [3.63, 3.8) is 0 Å². The molecule has 20 heavy (non-hydrogen) atoms. The van der Waals surface area contributed by atoms with Crippen LogP contribution in [0.1, 0.15) is 29.6 Å². The van der Waals surface area contributed by atoms with E-state index in [2.05, 4.69) is 22.6 Å². The molecular formula is C16H17N3O. The van der Waals surface area contributed by atoms with Gasteiger partial charge in [0.1, 0.15) is 0 Å². The van der Waals surface area contributed by atoms with E-state index in [1.165, 1.54) is 0 Å². The van der Waals surface area contributed by atoms with E-state index in [4.69, 9.17) is 0 Å². The van der Waals surface area contributed by atoms with Crippen molar-refractivity contribution in [1.82, 2.24) is 15.1 Å². The third-order valence-electron chi connectivity index (χ3n) is 3.47. The van der Waals surface area contributed by atoms with Crippen LogP contribution in [-0.2, 0) is 0 Å². The summed E-state index contributed by atoms with van der Waals surface area (Å²) in [7, 11) is 0. The molecule has 0 bridgehead atoms. The molecule has 0 radical (unpaired) electrons. The first-order chi connectivity index (χ1) is 9.83. The van der Waals surface area contributed by atoms with Crippen LogP contribution in [0.3, 0.4) is 0 Å². The topological polar surface area (TPSA) is 46.9 Å². The van der Waals surface area contributed by atoms with E-state index in [9.17, 15) is 4.79 Å². The average molecular weight is 267 g/mol. The van der Waals surface area contributed by atoms with Gasteiger partial charge in [0.2, 0.25) is 0 Å². The number of carbonyl (C=O) groups excluding carboxylic acids is 1. The Morgan fingerprint density at radius 3 is 2.80 bits per heavy atom. The second-order valence-electron chi connectivity index (χ2n) is 4.94. The van der Waals surface area contributed by atoms with Crippen molar-refractivity contribution in [1.29, 1.82) is 0 Å². The van der Waals surface area contributed by atoms with Crippen molar-refractivity contribution in [2.45, 2.75) is 25.3 Å². The smallest absolute Gasteiger partial charge is 0.251 e. The van der Waals surface area contributed by atoms with Gasteiger partial charge in [-0.2, -0.15) is 5.10 Å². The molecular weight excluding hydrogens is 250 g/mol. The molecule has 0 fully saturated rings. The molecule has 1 atom stereocenters. The highest BCUT2D eigenvalue weighted by atomic mass is 16.1. The van der Waals surface area contributed by atoms with Gasteiger partial charge >= 0.3 is 0 Å². The zero-order chi connectivity index (χ0) is 13.8. The molecule has 1 heterocycles. The summed E-state index contributed by atoms with van der Waals surface area (Å²) in [4.78, 5) is 12.1. The summed E-state index contributed by atoms with van der Waals surface area (Å²) >= 11 is 0. The molecule has 1 aromatic carbocycles. The number of allylic oxidation sites excluding steroid dienone is 1. The van der Waals surface area contributed by atoms with Crippen LogP contribution >= 0.6 is 0 Å². The molecule has 1 aromatic heterocycles. The molecule has 4 heteroatoms. The summed E-state index contributed by atoms with van der Waals surface area (Å²) in [5, 5.41) is 7.20. The van der Waals surface area contributed by atoms with Crippen molar-refractivity contribution >= 4 is 5.91 Å². The number of amides is 1. The Morgan fingerprint density at radius 2 is 2.15 bits per heavy atom. The van der Waals surface area contributed by atoms with Gasteiger partial charge in [-0.3, -0.25) is 4.79 Å². The van der Waals surface area contributed by atoms with E-state index in [0.29, 0.717) is 5.56 Å². The Labute approximate surface area is 118 Å². The number of hydrogen-bond acceptors (Lipinski definition) is 2. The molecule has 0 aliphatic heterocycles. The van der Waals surface area contributed by atoms with Crippen LogP contribution in [0.5, 0.6) is 0 Å². The summed E-state index contributed by atoms with van der Waals surface area (Å²) in [6.45, 7) is 0. The first-order valence-corrected chi connectivity index (χ1v) is 6.90. The van der Waals surface area contributed by atoms with Crippen LogP contribution in [0, 0.1) is 0 Å². The molecule has 1 amide bonds. The number of rotatable bonds is 3. The molecule has 1 unspecified atom stereocenters. The SMILES string of the molecule is O=C(NC1C=CCCC1)c1ccc(-n2cccn2)cc1. The van der Waals surface area contributed by atoms with E-state index >= 15 is 0 Å². The molecule has 0 spiro atoms. The number of nitrogens with zero attached hydrogens (tertiary/aromatic N) is 2. The fraction of sp³-hybridized carbons (Fsp3) is 0.250. The Balaban J connectivity index is 1.69. The maximum Gasteiger partial charge on any atom is 0.251 e. The van der Waals surface area contributed by atoms with Crippen LogP contribution in [0.4, 0.5) is 0 Å². The van der Waals surface area contributed by atoms with E-state index in [1.54, 1.807) is 10.9 Å². The normalized spacial score (nSPS) is 17.9. The molecule has 1 N–H and O–H groups in total. The molecule has 1 aliphatic rings. The van der Waals surface area contributed by atoms with Crippen LogP contribution in [0.2, 0.25) is 0 Å². The summed E-state index contributed by atoms with van der Waals surface area (Å²) in [6, 6.07) is 9.51. The lowest BCUT2D eigenvalue weighted by atomic mass is 10.0. The largest absolute Gasteiger partial charge is 0.346 e. The maximum atomic E-state index is 12.1. The minimum Gasteiger partial charge on any atom is -0.346 e. The van der Waals surface area contributed by atoms with Gasteiger partial charge < -0.3 is 5.32 Å². The fourth-order valence-electron chi connectivity index (χ4n) is 2.37. The Morgan fingerprint density at radius 1 is 1.30 bits per heavy atom. The third-order valence-corrected chi connectivity index (χ3v) is 3.47. The lowest BCUT2D eigenvalue weighted by Gasteiger charge is -2.18. The predicted octanol–water partition coefficient (Wildman–Crippen LogP) is 2.71. The number of hydrogen-bond donors (Lipinski definition) is 1. The van der Waals surface area contributed by atoms with E-state index in [0.717, 1.165) is 24.9 Å². The molecule has 4 nitrogen and oxygen atoms in total. The zero-order valence-electron chi connectivity index (χ0n) is 11.2. The van der Waals surface area contributed by atoms with Gasteiger partial charge in [-0.25, -0.2) is 4.68 Å². The highest BCUT2D eigenvalue weighted by molar-refractivity contribution is 5.94. The van der Waals surface area contributed by atoms with Crippen molar-refractivity contribution in [3.05, 3.63) is 60.4 Å². The summed E-state index contributed by atoms with van der Waals surface area (Å²) in [5.74, 6) is -0.0198. The van der Waals surface area contributed by atoms with Crippen molar-refractivity contribution in [2.24, 2.45) is 0 Å². The van der Waals surface area contributed by atoms with Gasteiger partial charge in [0, 0.05) is 24.0 Å². The molecule has 3 rings (SSSR count). The molecule has 2 aromatic rings. The molecule has 0 saturated heterocycles. The first-order valence-electron chi connectivity index (χ1n) is 6.90. The first kappa shape index (κ1) is 12.7. The average Bonchev–Trinajstić information content (AvgIpc) is 3.03. The monoisotopic (exact) mass is 267 g/mol. The van der Waals surface area contributed by atoms with Crippen LogP contribution in [0.15, 0.2) is 54.9 Å². The maximum absolute atomic E-state index is 12.1. The summed E-state index contributed by atoms with van der Waals surface area (Å²) in [6.07, 6.45) is 11.1. The quantitative estimate of drug-likeness (QED) is 0.869. The number of nitrogens with one attached hydrogen (secondary N) is 1. The fourth-order valence-corrected chi connectivity index (χ4v) is 2.37. The second-order valence-corrected chi connectivity index (χ2v) is 4.94. The highest BCUT2D eigenvalue weighted by Crippen LogP contribution is 2.12. The summed E-state index contributed by atoms with van der Waals surface area (Å²) in [5.41, 5.74) is 1.63. The summed E-state index contributed by atoms with van der Waals surface area (Å²) < 4.78 is 1.77. The predicted molar refractivity (Wildman–Crippen MR) is 77.8 cm³/mol. The Kier molecular flexibility index (Phi) is 3.63. The van der Waals surface area contributed by atoms with Crippen LogP contribution < -0.4 is 5.32 Å². The van der Waals surface area contributed by atoms with E-state index < -0.39 is 0 Å². The van der Waals surface area contributed by atoms with Gasteiger partial charge in [0.05, 0.1) is 5.69 Å². The number of aromatic nitrogens is 2.